The molecule has 1 aliphatic heterocycles. The van der Waals surface area contributed by atoms with Crippen LogP contribution in [0.25, 0.3) is 0 Å². The maximum absolute atomic E-state index is 12.6. The van der Waals surface area contributed by atoms with Crippen LogP contribution in [0.1, 0.15) is 36.7 Å². The van der Waals surface area contributed by atoms with Gasteiger partial charge in [-0.1, -0.05) is 39.0 Å². The van der Waals surface area contributed by atoms with E-state index < -0.39 is 0 Å². The summed E-state index contributed by atoms with van der Waals surface area (Å²) in [5, 5.41) is 0. The molecule has 25 heavy (non-hydrogen) atoms. The molecule has 0 atom stereocenters. The van der Waals surface area contributed by atoms with E-state index in [0.717, 1.165) is 26.2 Å². The molecule has 0 unspecified atom stereocenters. The predicted octanol–water partition coefficient (Wildman–Crippen LogP) is 3.53. The van der Waals surface area contributed by atoms with Crippen molar-refractivity contribution >= 4 is 17.3 Å². The SMILES string of the molecule is CC(C)(C)c1ccccc1N1CCN(C(=O)c2ccc(N)cc2)CC1. The molecule has 1 fully saturated rings. The quantitative estimate of drug-likeness (QED) is 0.853. The topological polar surface area (TPSA) is 49.6 Å². The lowest BCUT2D eigenvalue weighted by molar-refractivity contribution is 0.0746. The molecule has 3 rings (SSSR count). The standard InChI is InChI=1S/C21H27N3O/c1-21(2,3)18-6-4-5-7-19(18)23-12-14-24(15-13-23)20(25)16-8-10-17(22)11-9-16/h4-11H,12-15,22H2,1-3H3. The van der Waals surface area contributed by atoms with Crippen molar-refractivity contribution in [1.29, 1.82) is 0 Å². The number of hydrogen-bond acceptors (Lipinski definition) is 3. The van der Waals surface area contributed by atoms with Gasteiger partial charge in [-0.25, -0.2) is 0 Å². The number of para-hydroxylation sites is 1. The summed E-state index contributed by atoms with van der Waals surface area (Å²) in [4.78, 5) is 17.0. The third-order valence-corrected chi connectivity index (χ3v) is 4.78. The molecule has 0 spiro atoms. The number of anilines is 2. The number of amides is 1. The number of nitrogens with two attached hydrogens (primary N) is 1. The van der Waals surface area contributed by atoms with Crippen LogP contribution in [-0.4, -0.2) is 37.0 Å². The van der Waals surface area contributed by atoms with Gasteiger partial charge in [-0.15, -0.1) is 0 Å². The van der Waals surface area contributed by atoms with Gasteiger partial charge in [-0.3, -0.25) is 4.79 Å². The summed E-state index contributed by atoms with van der Waals surface area (Å²) >= 11 is 0. The zero-order valence-electron chi connectivity index (χ0n) is 15.3. The first-order chi connectivity index (χ1) is 11.9. The highest BCUT2D eigenvalue weighted by Crippen LogP contribution is 2.32. The van der Waals surface area contributed by atoms with E-state index in [0.29, 0.717) is 11.3 Å². The van der Waals surface area contributed by atoms with Crippen LogP contribution in [-0.2, 0) is 5.41 Å². The van der Waals surface area contributed by atoms with Gasteiger partial charge in [0.2, 0.25) is 0 Å². The Labute approximate surface area is 150 Å². The molecule has 1 saturated heterocycles. The summed E-state index contributed by atoms with van der Waals surface area (Å²) in [6, 6.07) is 15.8. The largest absolute Gasteiger partial charge is 0.399 e. The summed E-state index contributed by atoms with van der Waals surface area (Å²) in [5.74, 6) is 0.0868. The van der Waals surface area contributed by atoms with Crippen molar-refractivity contribution in [2.24, 2.45) is 0 Å². The highest BCUT2D eigenvalue weighted by Gasteiger charge is 2.26. The van der Waals surface area contributed by atoms with Crippen LogP contribution in [0.4, 0.5) is 11.4 Å². The van der Waals surface area contributed by atoms with Gasteiger partial charge in [0, 0.05) is 43.1 Å². The number of nitrogen functional groups attached to an aromatic ring is 1. The van der Waals surface area contributed by atoms with E-state index in [1.165, 1.54) is 11.3 Å². The highest BCUT2D eigenvalue weighted by atomic mass is 16.2. The number of piperazine rings is 1. The molecular formula is C21H27N3O. The number of nitrogens with zero attached hydrogens (tertiary/aromatic N) is 2. The van der Waals surface area contributed by atoms with Gasteiger partial charge in [0.25, 0.3) is 5.91 Å². The van der Waals surface area contributed by atoms with E-state index in [-0.39, 0.29) is 11.3 Å². The maximum Gasteiger partial charge on any atom is 0.253 e. The van der Waals surface area contributed by atoms with Gasteiger partial charge in [0.15, 0.2) is 0 Å². The van der Waals surface area contributed by atoms with Crippen LogP contribution in [0.15, 0.2) is 48.5 Å². The van der Waals surface area contributed by atoms with Crippen LogP contribution in [0.2, 0.25) is 0 Å². The molecular weight excluding hydrogens is 310 g/mol. The summed E-state index contributed by atoms with van der Waals surface area (Å²) in [7, 11) is 0. The zero-order valence-corrected chi connectivity index (χ0v) is 15.3. The van der Waals surface area contributed by atoms with Gasteiger partial charge in [-0.2, -0.15) is 0 Å². The van der Waals surface area contributed by atoms with Crippen molar-refractivity contribution < 1.29 is 4.79 Å². The highest BCUT2D eigenvalue weighted by molar-refractivity contribution is 5.94. The Kier molecular flexibility index (Phi) is 4.71. The van der Waals surface area contributed by atoms with Gasteiger partial charge >= 0.3 is 0 Å². The number of carbonyl (C=O) groups excluding carboxylic acids is 1. The van der Waals surface area contributed by atoms with Gasteiger partial charge < -0.3 is 15.5 Å². The molecule has 4 nitrogen and oxygen atoms in total. The Balaban J connectivity index is 1.70. The fourth-order valence-electron chi connectivity index (χ4n) is 3.34. The van der Waals surface area contributed by atoms with Gasteiger partial charge in [0.1, 0.15) is 0 Å². The first-order valence-corrected chi connectivity index (χ1v) is 8.85. The molecule has 1 aliphatic rings. The number of benzene rings is 2. The number of carbonyl (C=O) groups is 1. The second kappa shape index (κ2) is 6.79. The van der Waals surface area contributed by atoms with E-state index >= 15 is 0 Å². The molecule has 2 aromatic rings. The van der Waals surface area contributed by atoms with Crippen molar-refractivity contribution in [2.45, 2.75) is 26.2 Å². The second-order valence-corrected chi connectivity index (χ2v) is 7.67. The third-order valence-electron chi connectivity index (χ3n) is 4.78. The number of hydrogen-bond donors (Lipinski definition) is 1. The van der Waals surface area contributed by atoms with Crippen LogP contribution < -0.4 is 10.6 Å². The molecule has 132 valence electrons. The summed E-state index contributed by atoms with van der Waals surface area (Å²) in [6.45, 7) is 9.91. The Morgan fingerprint density at radius 1 is 0.920 bits per heavy atom. The Morgan fingerprint density at radius 2 is 1.52 bits per heavy atom. The van der Waals surface area contributed by atoms with Crippen LogP contribution in [0, 0.1) is 0 Å². The van der Waals surface area contributed by atoms with Crippen LogP contribution >= 0.6 is 0 Å². The number of rotatable bonds is 2. The molecule has 1 heterocycles. The minimum absolute atomic E-state index is 0.0868. The van der Waals surface area contributed by atoms with E-state index in [2.05, 4.69) is 49.9 Å². The van der Waals surface area contributed by atoms with E-state index in [1.807, 2.05) is 4.90 Å². The summed E-state index contributed by atoms with van der Waals surface area (Å²) in [6.07, 6.45) is 0. The predicted molar refractivity (Wildman–Crippen MR) is 104 cm³/mol. The van der Waals surface area contributed by atoms with Crippen LogP contribution in [0.5, 0.6) is 0 Å². The average molecular weight is 337 g/mol. The van der Waals surface area contributed by atoms with Crippen molar-refractivity contribution in [3.8, 4) is 0 Å². The van der Waals surface area contributed by atoms with Crippen molar-refractivity contribution in [3.63, 3.8) is 0 Å². The van der Waals surface area contributed by atoms with Crippen molar-refractivity contribution in [1.82, 2.24) is 4.90 Å². The van der Waals surface area contributed by atoms with E-state index in [4.69, 9.17) is 5.73 Å². The lowest BCUT2D eigenvalue weighted by Gasteiger charge is -2.38. The van der Waals surface area contributed by atoms with Gasteiger partial charge in [0.05, 0.1) is 0 Å². The molecule has 0 radical (unpaired) electrons. The van der Waals surface area contributed by atoms with Gasteiger partial charge in [-0.05, 0) is 41.3 Å². The lowest BCUT2D eigenvalue weighted by Crippen LogP contribution is -2.49. The summed E-state index contributed by atoms with van der Waals surface area (Å²) < 4.78 is 0. The summed E-state index contributed by atoms with van der Waals surface area (Å²) in [5.41, 5.74) is 9.84. The molecule has 2 N–H and O–H groups in total. The van der Waals surface area contributed by atoms with Crippen molar-refractivity contribution in [2.75, 3.05) is 36.8 Å². The Hall–Kier alpha value is -2.49. The first-order valence-electron chi connectivity index (χ1n) is 8.85. The molecule has 4 heteroatoms. The first kappa shape index (κ1) is 17.3. The lowest BCUT2D eigenvalue weighted by atomic mass is 9.85. The monoisotopic (exact) mass is 337 g/mol. The fraction of sp³-hybridized carbons (Fsp3) is 0.381. The normalized spacial score (nSPS) is 15.3. The molecule has 0 bridgehead atoms. The second-order valence-electron chi connectivity index (χ2n) is 7.67. The smallest absolute Gasteiger partial charge is 0.253 e. The molecule has 0 aromatic heterocycles. The molecule has 0 aliphatic carbocycles. The van der Waals surface area contributed by atoms with Crippen molar-refractivity contribution in [3.05, 3.63) is 59.7 Å². The van der Waals surface area contributed by atoms with E-state index in [1.54, 1.807) is 24.3 Å². The maximum atomic E-state index is 12.6. The Bertz CT molecular complexity index is 738. The van der Waals surface area contributed by atoms with Crippen LogP contribution in [0.3, 0.4) is 0 Å². The molecule has 2 aromatic carbocycles. The zero-order chi connectivity index (χ0) is 18.0. The van der Waals surface area contributed by atoms with E-state index in [9.17, 15) is 4.79 Å². The Morgan fingerprint density at radius 3 is 2.12 bits per heavy atom. The minimum Gasteiger partial charge on any atom is -0.399 e. The average Bonchev–Trinajstić information content (AvgIpc) is 2.61. The third kappa shape index (κ3) is 3.78. The fourth-order valence-corrected chi connectivity index (χ4v) is 3.34. The minimum atomic E-state index is 0.0868. The molecule has 0 saturated carbocycles. The molecule has 1 amide bonds.